The van der Waals surface area contributed by atoms with Gasteiger partial charge in [-0.15, -0.1) is 0 Å². The first-order valence-corrected chi connectivity index (χ1v) is 8.58. The Morgan fingerprint density at radius 2 is 1.04 bits per heavy atom. The monoisotopic (exact) mass is 362 g/mol. The van der Waals surface area contributed by atoms with Gasteiger partial charge in [0.25, 0.3) is 0 Å². The van der Waals surface area contributed by atoms with E-state index in [0.717, 1.165) is 12.8 Å². The zero-order valence-corrected chi connectivity index (χ0v) is 15.0. The van der Waals surface area contributed by atoms with Crippen LogP contribution in [0.3, 0.4) is 0 Å². The number of benzene rings is 1. The summed E-state index contributed by atoms with van der Waals surface area (Å²) in [5.74, 6) is -0.839. The maximum atomic E-state index is 11.9. The van der Waals surface area contributed by atoms with Crippen molar-refractivity contribution in [2.45, 2.75) is 25.7 Å². The summed E-state index contributed by atoms with van der Waals surface area (Å²) >= 11 is 0. The molecule has 142 valence electrons. The van der Waals surface area contributed by atoms with Gasteiger partial charge in [-0.05, 0) is 49.9 Å². The molecule has 0 saturated heterocycles. The number of hydrogen-bond acceptors (Lipinski definition) is 6. The number of carbonyl (C=O) groups is 2. The first-order chi connectivity index (χ1) is 12.7. The van der Waals surface area contributed by atoms with E-state index >= 15 is 0 Å². The molecule has 0 aromatic heterocycles. The molecule has 26 heavy (non-hydrogen) atoms. The van der Waals surface area contributed by atoms with Crippen LogP contribution in [-0.2, 0) is 18.9 Å². The molecule has 0 aliphatic heterocycles. The number of carbonyl (C=O) groups excluding carboxylic acids is 2. The summed E-state index contributed by atoms with van der Waals surface area (Å²) in [7, 11) is 0. The largest absolute Gasteiger partial charge is 0.502 e. The topological polar surface area (TPSA) is 71.1 Å². The fraction of sp³-hybridized carbons (Fsp3) is 0.400. The highest BCUT2D eigenvalue weighted by Gasteiger charge is 2.10. The van der Waals surface area contributed by atoms with Crippen LogP contribution in [0.5, 0.6) is 0 Å². The summed E-state index contributed by atoms with van der Waals surface area (Å²) in [6, 6.07) is 6.21. The van der Waals surface area contributed by atoms with E-state index in [9.17, 15) is 9.59 Å². The lowest BCUT2D eigenvalue weighted by molar-refractivity contribution is 0.0477. The van der Waals surface area contributed by atoms with Gasteiger partial charge in [0.1, 0.15) is 0 Å². The molecular weight excluding hydrogens is 336 g/mol. The van der Waals surface area contributed by atoms with Crippen molar-refractivity contribution in [1.29, 1.82) is 0 Å². The fourth-order valence-corrected chi connectivity index (χ4v) is 1.98. The van der Waals surface area contributed by atoms with Crippen molar-refractivity contribution >= 4 is 11.9 Å². The Bertz CT molecular complexity index is 513. The lowest BCUT2D eigenvalue weighted by Gasteiger charge is -2.07. The molecule has 6 nitrogen and oxygen atoms in total. The second-order valence-corrected chi connectivity index (χ2v) is 5.34. The molecule has 0 radical (unpaired) electrons. The summed E-state index contributed by atoms with van der Waals surface area (Å²) < 4.78 is 20.3. The van der Waals surface area contributed by atoms with E-state index < -0.39 is 11.9 Å². The summed E-state index contributed by atoms with van der Waals surface area (Å²) in [5.41, 5.74) is 0.788. The van der Waals surface area contributed by atoms with Gasteiger partial charge >= 0.3 is 11.9 Å². The minimum absolute atomic E-state index is 0.318. The fourth-order valence-electron chi connectivity index (χ4n) is 1.98. The van der Waals surface area contributed by atoms with E-state index in [1.165, 1.54) is 12.5 Å². The van der Waals surface area contributed by atoms with Gasteiger partial charge in [-0.2, -0.15) is 0 Å². The molecule has 0 bridgehead atoms. The third-order valence-electron chi connectivity index (χ3n) is 3.37. The van der Waals surface area contributed by atoms with E-state index in [1.807, 2.05) is 0 Å². The molecule has 0 aliphatic rings. The smallest absolute Gasteiger partial charge is 0.338 e. The molecule has 0 N–H and O–H groups in total. The minimum atomic E-state index is -0.420. The molecule has 0 fully saturated rings. The Balaban J connectivity index is 2.28. The van der Waals surface area contributed by atoms with Crippen LogP contribution in [0.1, 0.15) is 46.4 Å². The van der Waals surface area contributed by atoms with Gasteiger partial charge < -0.3 is 18.9 Å². The molecule has 1 rings (SSSR count). The molecule has 0 heterocycles. The normalized spacial score (nSPS) is 9.85. The van der Waals surface area contributed by atoms with Crippen LogP contribution >= 0.6 is 0 Å². The Morgan fingerprint density at radius 1 is 0.692 bits per heavy atom. The van der Waals surface area contributed by atoms with Gasteiger partial charge in [0.2, 0.25) is 0 Å². The van der Waals surface area contributed by atoms with Crippen LogP contribution in [0.4, 0.5) is 0 Å². The second kappa shape index (κ2) is 13.5. The SMILES string of the molecule is C=COCCCCOC(=O)c1ccc(C(=O)OCCCCOC=C)cc1. The Morgan fingerprint density at radius 3 is 1.38 bits per heavy atom. The van der Waals surface area contributed by atoms with Gasteiger partial charge in [0, 0.05) is 0 Å². The van der Waals surface area contributed by atoms with Crippen LogP contribution < -0.4 is 0 Å². The Kier molecular flexibility index (Phi) is 11.1. The summed E-state index contributed by atoms with van der Waals surface area (Å²) in [5, 5.41) is 0. The Labute approximate surface area is 154 Å². The van der Waals surface area contributed by atoms with E-state index in [2.05, 4.69) is 13.2 Å². The number of rotatable bonds is 14. The molecule has 1 aromatic rings. The van der Waals surface area contributed by atoms with Crippen molar-refractivity contribution < 1.29 is 28.5 Å². The van der Waals surface area contributed by atoms with Gasteiger partial charge in [-0.3, -0.25) is 0 Å². The van der Waals surface area contributed by atoms with Crippen LogP contribution in [-0.4, -0.2) is 38.4 Å². The lowest BCUT2D eigenvalue weighted by atomic mass is 10.1. The van der Waals surface area contributed by atoms with Gasteiger partial charge in [0.15, 0.2) is 0 Å². The minimum Gasteiger partial charge on any atom is -0.502 e. The van der Waals surface area contributed by atoms with Crippen molar-refractivity contribution in [3.8, 4) is 0 Å². The van der Waals surface area contributed by atoms with Crippen LogP contribution in [0.2, 0.25) is 0 Å². The van der Waals surface area contributed by atoms with Crippen molar-refractivity contribution in [1.82, 2.24) is 0 Å². The third-order valence-corrected chi connectivity index (χ3v) is 3.37. The molecule has 0 spiro atoms. The molecule has 0 amide bonds. The molecule has 0 saturated carbocycles. The molecule has 0 unspecified atom stereocenters. The van der Waals surface area contributed by atoms with E-state index in [4.69, 9.17) is 18.9 Å². The Hall–Kier alpha value is -2.76. The van der Waals surface area contributed by atoms with Gasteiger partial charge in [0.05, 0.1) is 50.1 Å². The van der Waals surface area contributed by atoms with Crippen molar-refractivity contribution in [3.05, 3.63) is 61.1 Å². The number of ether oxygens (including phenoxy) is 4. The molecule has 1 aromatic carbocycles. The predicted octanol–water partition coefficient (Wildman–Crippen LogP) is 3.88. The van der Waals surface area contributed by atoms with E-state index in [1.54, 1.807) is 24.3 Å². The van der Waals surface area contributed by atoms with E-state index in [0.29, 0.717) is 50.4 Å². The highest BCUT2D eigenvalue weighted by atomic mass is 16.5. The number of unbranched alkanes of at least 4 members (excludes halogenated alkanes) is 2. The summed E-state index contributed by atoms with van der Waals surface area (Å²) in [4.78, 5) is 23.8. The highest BCUT2D eigenvalue weighted by molar-refractivity contribution is 5.93. The zero-order chi connectivity index (χ0) is 19.0. The zero-order valence-electron chi connectivity index (χ0n) is 15.0. The standard InChI is InChI=1S/C20H26O6/c1-3-23-13-5-7-15-25-19(21)17-9-11-18(12-10-17)20(22)26-16-8-6-14-24-4-2/h3-4,9-12H,1-2,5-8,13-16H2. The van der Waals surface area contributed by atoms with Crippen LogP contribution in [0, 0.1) is 0 Å². The highest BCUT2D eigenvalue weighted by Crippen LogP contribution is 2.08. The summed E-state index contributed by atoms with van der Waals surface area (Å²) in [6.07, 6.45) is 5.75. The van der Waals surface area contributed by atoms with E-state index in [-0.39, 0.29) is 0 Å². The quantitative estimate of drug-likeness (QED) is 0.284. The maximum absolute atomic E-state index is 11.9. The molecule has 0 atom stereocenters. The predicted molar refractivity (Wildman–Crippen MR) is 97.8 cm³/mol. The number of esters is 2. The average Bonchev–Trinajstić information content (AvgIpc) is 2.67. The summed E-state index contributed by atoms with van der Waals surface area (Å²) in [6.45, 7) is 8.64. The molecule has 6 heteroatoms. The average molecular weight is 362 g/mol. The first kappa shape index (κ1) is 21.3. The van der Waals surface area contributed by atoms with Crippen molar-refractivity contribution in [2.24, 2.45) is 0 Å². The number of hydrogen-bond donors (Lipinski definition) is 0. The van der Waals surface area contributed by atoms with Gasteiger partial charge in [-0.25, -0.2) is 9.59 Å². The van der Waals surface area contributed by atoms with Crippen LogP contribution in [0.15, 0.2) is 49.9 Å². The van der Waals surface area contributed by atoms with Crippen molar-refractivity contribution in [3.63, 3.8) is 0 Å². The van der Waals surface area contributed by atoms with Gasteiger partial charge in [-0.1, -0.05) is 13.2 Å². The first-order valence-electron chi connectivity index (χ1n) is 8.58. The molecule has 0 aliphatic carbocycles. The maximum Gasteiger partial charge on any atom is 0.338 e. The second-order valence-electron chi connectivity index (χ2n) is 5.34. The van der Waals surface area contributed by atoms with Crippen LogP contribution in [0.25, 0.3) is 0 Å². The third kappa shape index (κ3) is 8.92. The lowest BCUT2D eigenvalue weighted by Crippen LogP contribution is -2.09. The molecular formula is C20H26O6. The van der Waals surface area contributed by atoms with Crippen molar-refractivity contribution in [2.75, 3.05) is 26.4 Å².